The number of rotatable bonds is 8. The maximum atomic E-state index is 12.2. The van der Waals surface area contributed by atoms with Crippen molar-refractivity contribution in [2.24, 2.45) is 0 Å². The molecule has 7 heteroatoms. The standard InChI is InChI=1S/C13H20ClN3O3/c1-2-3-15-12-11(14)8-10(9-16-12)13(20)17(4-6-18)5-7-19/h8-9,18-19H,2-7H2,1H3,(H,15,16). The molecule has 0 spiro atoms. The fraction of sp³-hybridized carbons (Fsp3) is 0.538. The molecule has 0 unspecified atom stereocenters. The average Bonchev–Trinajstić information content (AvgIpc) is 2.45. The maximum absolute atomic E-state index is 12.2. The number of hydrogen-bond donors (Lipinski definition) is 3. The van der Waals surface area contributed by atoms with Gasteiger partial charge >= 0.3 is 0 Å². The van der Waals surface area contributed by atoms with E-state index >= 15 is 0 Å². The fourth-order valence-corrected chi connectivity index (χ4v) is 1.90. The summed E-state index contributed by atoms with van der Waals surface area (Å²) in [6.07, 6.45) is 2.38. The number of aliphatic hydroxyl groups excluding tert-OH is 2. The van der Waals surface area contributed by atoms with Crippen LogP contribution < -0.4 is 5.32 Å². The molecule has 0 aliphatic heterocycles. The van der Waals surface area contributed by atoms with Gasteiger partial charge in [0.15, 0.2) is 0 Å². The number of aromatic nitrogens is 1. The molecule has 1 amide bonds. The molecule has 0 fully saturated rings. The number of hydrogen-bond acceptors (Lipinski definition) is 5. The Hall–Kier alpha value is -1.37. The van der Waals surface area contributed by atoms with E-state index in [2.05, 4.69) is 10.3 Å². The van der Waals surface area contributed by atoms with Crippen molar-refractivity contribution >= 4 is 23.3 Å². The lowest BCUT2D eigenvalue weighted by Gasteiger charge is -2.20. The largest absolute Gasteiger partial charge is 0.395 e. The first-order valence-corrected chi connectivity index (χ1v) is 6.92. The van der Waals surface area contributed by atoms with Gasteiger partial charge in [-0.15, -0.1) is 0 Å². The zero-order valence-corrected chi connectivity index (χ0v) is 12.2. The van der Waals surface area contributed by atoms with E-state index in [1.54, 1.807) is 0 Å². The molecule has 1 aromatic rings. The van der Waals surface area contributed by atoms with Crippen molar-refractivity contribution in [1.29, 1.82) is 0 Å². The summed E-state index contributed by atoms with van der Waals surface area (Å²) in [5.74, 6) is 0.227. The van der Waals surface area contributed by atoms with Gasteiger partial charge in [-0.2, -0.15) is 0 Å². The van der Waals surface area contributed by atoms with Crippen LogP contribution in [0.1, 0.15) is 23.7 Å². The quantitative estimate of drug-likeness (QED) is 0.666. The molecular formula is C13H20ClN3O3. The zero-order valence-electron chi connectivity index (χ0n) is 11.5. The van der Waals surface area contributed by atoms with Gasteiger partial charge in [-0.1, -0.05) is 18.5 Å². The summed E-state index contributed by atoms with van der Waals surface area (Å²) < 4.78 is 0. The summed E-state index contributed by atoms with van der Waals surface area (Å²) in [4.78, 5) is 17.7. The van der Waals surface area contributed by atoms with E-state index in [-0.39, 0.29) is 32.2 Å². The number of carbonyl (C=O) groups excluding carboxylic acids is 1. The van der Waals surface area contributed by atoms with E-state index < -0.39 is 0 Å². The first-order valence-electron chi connectivity index (χ1n) is 6.54. The molecule has 0 aromatic carbocycles. The third-order valence-electron chi connectivity index (χ3n) is 2.66. The maximum Gasteiger partial charge on any atom is 0.255 e. The highest BCUT2D eigenvalue weighted by Crippen LogP contribution is 2.20. The first-order chi connectivity index (χ1) is 9.63. The van der Waals surface area contributed by atoms with E-state index in [0.29, 0.717) is 16.4 Å². The molecule has 112 valence electrons. The highest BCUT2D eigenvalue weighted by Gasteiger charge is 2.16. The number of pyridine rings is 1. The van der Waals surface area contributed by atoms with Gasteiger partial charge in [-0.05, 0) is 12.5 Å². The van der Waals surface area contributed by atoms with Gasteiger partial charge in [0.1, 0.15) is 5.82 Å². The van der Waals surface area contributed by atoms with Gasteiger partial charge < -0.3 is 20.4 Å². The molecule has 0 saturated carbocycles. The van der Waals surface area contributed by atoms with Gasteiger partial charge in [0, 0.05) is 25.8 Å². The van der Waals surface area contributed by atoms with E-state index in [1.165, 1.54) is 17.2 Å². The summed E-state index contributed by atoms with van der Waals surface area (Å²) in [5, 5.41) is 21.3. The van der Waals surface area contributed by atoms with E-state index in [0.717, 1.165) is 13.0 Å². The molecule has 0 aliphatic rings. The Kier molecular flexibility index (Phi) is 7.28. The Morgan fingerprint density at radius 3 is 2.55 bits per heavy atom. The highest BCUT2D eigenvalue weighted by molar-refractivity contribution is 6.33. The summed E-state index contributed by atoms with van der Waals surface area (Å²) in [7, 11) is 0. The Morgan fingerprint density at radius 2 is 2.05 bits per heavy atom. The topological polar surface area (TPSA) is 85.7 Å². The van der Waals surface area contributed by atoms with Crippen LogP contribution in [0.5, 0.6) is 0 Å². The molecule has 6 nitrogen and oxygen atoms in total. The monoisotopic (exact) mass is 301 g/mol. The molecular weight excluding hydrogens is 282 g/mol. The molecule has 20 heavy (non-hydrogen) atoms. The normalized spacial score (nSPS) is 10.4. The third kappa shape index (κ3) is 4.63. The van der Waals surface area contributed by atoms with Gasteiger partial charge in [0.25, 0.3) is 5.91 Å². The lowest BCUT2D eigenvalue weighted by molar-refractivity contribution is 0.0684. The van der Waals surface area contributed by atoms with Gasteiger partial charge in [0.2, 0.25) is 0 Å². The minimum atomic E-state index is -0.315. The molecule has 1 rings (SSSR count). The second kappa shape index (κ2) is 8.73. The number of nitrogens with one attached hydrogen (secondary N) is 1. The number of anilines is 1. The molecule has 3 N–H and O–H groups in total. The molecule has 0 atom stereocenters. The summed E-state index contributed by atoms with van der Waals surface area (Å²) in [5.41, 5.74) is 0.332. The van der Waals surface area contributed by atoms with Crippen LogP contribution in [0.2, 0.25) is 5.02 Å². The average molecular weight is 302 g/mol. The van der Waals surface area contributed by atoms with Crippen LogP contribution in [0, 0.1) is 0 Å². The van der Waals surface area contributed by atoms with Crippen LogP contribution in [0.25, 0.3) is 0 Å². The summed E-state index contributed by atoms with van der Waals surface area (Å²) >= 11 is 6.07. The second-order valence-electron chi connectivity index (χ2n) is 4.22. The second-order valence-corrected chi connectivity index (χ2v) is 4.63. The van der Waals surface area contributed by atoms with Crippen molar-refractivity contribution in [3.05, 3.63) is 22.8 Å². The molecule has 0 aliphatic carbocycles. The Morgan fingerprint density at radius 1 is 1.40 bits per heavy atom. The minimum absolute atomic E-state index is 0.160. The van der Waals surface area contributed by atoms with Crippen molar-refractivity contribution in [3.8, 4) is 0 Å². The number of carbonyl (C=O) groups is 1. The van der Waals surface area contributed by atoms with Crippen molar-refractivity contribution in [2.45, 2.75) is 13.3 Å². The van der Waals surface area contributed by atoms with E-state index in [1.807, 2.05) is 6.92 Å². The van der Waals surface area contributed by atoms with Crippen LogP contribution >= 0.6 is 11.6 Å². The predicted octanol–water partition coefficient (Wildman–Crippen LogP) is 0.984. The van der Waals surface area contributed by atoms with E-state index in [9.17, 15) is 4.79 Å². The van der Waals surface area contributed by atoms with Crippen LogP contribution in [0.3, 0.4) is 0 Å². The number of halogens is 1. The van der Waals surface area contributed by atoms with Crippen molar-refractivity contribution in [3.63, 3.8) is 0 Å². The summed E-state index contributed by atoms with van der Waals surface area (Å²) in [6, 6.07) is 1.54. The highest BCUT2D eigenvalue weighted by atomic mass is 35.5. The third-order valence-corrected chi connectivity index (χ3v) is 2.95. The first kappa shape index (κ1) is 16.7. The van der Waals surface area contributed by atoms with Gasteiger partial charge in [-0.3, -0.25) is 4.79 Å². The molecule has 0 bridgehead atoms. The minimum Gasteiger partial charge on any atom is -0.395 e. The smallest absolute Gasteiger partial charge is 0.255 e. The fourth-order valence-electron chi connectivity index (χ4n) is 1.67. The van der Waals surface area contributed by atoms with Crippen LogP contribution in [-0.4, -0.2) is 58.9 Å². The number of amides is 1. The number of nitrogens with zero attached hydrogens (tertiary/aromatic N) is 2. The SMILES string of the molecule is CCCNc1ncc(C(=O)N(CCO)CCO)cc1Cl. The Labute approximate surface area is 123 Å². The van der Waals surface area contributed by atoms with Crippen molar-refractivity contribution in [2.75, 3.05) is 38.2 Å². The van der Waals surface area contributed by atoms with Crippen LogP contribution in [0.4, 0.5) is 5.82 Å². The van der Waals surface area contributed by atoms with Crippen LogP contribution in [-0.2, 0) is 0 Å². The Bertz CT molecular complexity index is 437. The van der Waals surface area contributed by atoms with Crippen LogP contribution in [0.15, 0.2) is 12.3 Å². The molecule has 0 saturated heterocycles. The lowest BCUT2D eigenvalue weighted by Crippen LogP contribution is -2.35. The van der Waals surface area contributed by atoms with Gasteiger partial charge in [-0.25, -0.2) is 4.98 Å². The summed E-state index contributed by atoms with van der Waals surface area (Å²) in [6.45, 7) is 2.77. The number of aliphatic hydroxyl groups is 2. The zero-order chi connectivity index (χ0) is 15.0. The van der Waals surface area contributed by atoms with E-state index in [4.69, 9.17) is 21.8 Å². The predicted molar refractivity (Wildman–Crippen MR) is 78.1 cm³/mol. The molecule has 1 aromatic heterocycles. The van der Waals surface area contributed by atoms with Gasteiger partial charge in [0.05, 0.1) is 23.8 Å². The Balaban J connectivity index is 2.84. The van der Waals surface area contributed by atoms with Crippen molar-refractivity contribution in [1.82, 2.24) is 9.88 Å². The molecule has 1 heterocycles. The van der Waals surface area contributed by atoms with Crippen molar-refractivity contribution < 1.29 is 15.0 Å². The lowest BCUT2D eigenvalue weighted by atomic mass is 10.2. The molecule has 0 radical (unpaired) electrons.